The van der Waals surface area contributed by atoms with Crippen molar-refractivity contribution in [1.82, 2.24) is 101 Å². The minimum absolute atomic E-state index is 0.00543. The predicted molar refractivity (Wildman–Crippen MR) is 533 cm³/mol. The molecule has 0 fully saturated rings. The molecule has 0 aliphatic rings. The zero-order chi connectivity index (χ0) is 110. The molecule has 1 aromatic rings. The fraction of sp³-hybridized carbons (Fsp3) is 0.691. The third kappa shape index (κ3) is 52.5. The van der Waals surface area contributed by atoms with Crippen LogP contribution in [0.3, 0.4) is 0 Å². The number of unbranched alkanes of at least 4 members (excludes halogenated alkanes) is 2. The van der Waals surface area contributed by atoms with Gasteiger partial charge in [0.2, 0.25) is 118 Å². The van der Waals surface area contributed by atoms with Gasteiger partial charge in [-0.05, 0) is 169 Å². The summed E-state index contributed by atoms with van der Waals surface area (Å²) in [5.74, 6) is -25.9. The molecule has 1 aromatic carbocycles. The van der Waals surface area contributed by atoms with Crippen molar-refractivity contribution in [2.24, 2.45) is 64.4 Å². The van der Waals surface area contributed by atoms with E-state index < -0.39 is 315 Å². The molecule has 0 aliphatic heterocycles. The van der Waals surface area contributed by atoms with Crippen molar-refractivity contribution >= 4 is 148 Å². The monoisotopic (exact) mass is 2070 g/mol. The van der Waals surface area contributed by atoms with Gasteiger partial charge in [-0.1, -0.05) is 127 Å². The number of amides is 20. The molecule has 50 nitrogen and oxygen atoms in total. The summed E-state index contributed by atoms with van der Waals surface area (Å²) in [5, 5.41) is 85.3. The van der Waals surface area contributed by atoms with Gasteiger partial charge in [0.15, 0.2) is 0 Å². The normalized spacial score (nSPS) is 14.8. The average molecular weight is 2080 g/mol. The smallest absolute Gasteiger partial charge is 0.328 e. The van der Waals surface area contributed by atoms with E-state index in [1.54, 1.807) is 92.0 Å². The van der Waals surface area contributed by atoms with E-state index in [0.29, 0.717) is 37.8 Å². The lowest BCUT2D eigenvalue weighted by molar-refractivity contribution is -0.143. The van der Waals surface area contributed by atoms with E-state index in [9.17, 15) is 131 Å². The molecule has 0 radical (unpaired) electrons. The van der Waals surface area contributed by atoms with Crippen LogP contribution in [-0.2, 0) is 117 Å². The number of benzene rings is 1. The van der Waals surface area contributed by atoms with Crippen LogP contribution in [0.2, 0.25) is 0 Å². The van der Waals surface area contributed by atoms with Gasteiger partial charge >= 0.3 is 17.9 Å². The van der Waals surface area contributed by atoms with Crippen molar-refractivity contribution in [3.63, 3.8) is 0 Å². The lowest BCUT2D eigenvalue weighted by Gasteiger charge is -2.28. The van der Waals surface area contributed by atoms with E-state index in [1.165, 1.54) is 46.4 Å². The molecule has 17 atom stereocenters. The molecule has 0 saturated carbocycles. The molecule has 0 aliphatic carbocycles. The number of nitrogens with two attached hydrogens (primary N) is 4. The van der Waals surface area contributed by atoms with Crippen LogP contribution >= 0.6 is 11.8 Å². The van der Waals surface area contributed by atoms with Gasteiger partial charge in [0, 0.05) is 19.3 Å². The van der Waals surface area contributed by atoms with E-state index in [2.05, 4.69) is 101 Å². The molecule has 0 spiro atoms. The summed E-state index contributed by atoms with van der Waals surface area (Å²) >= 11 is 1.28. The molecular weight excluding hydrogens is 1920 g/mol. The SMILES string of the molecule is CSCC[C@H](NC(=O)[C@@H](NC(=O)[C@H](CCC(=O)O)NC(=O)[C@H](C)NC(=O)[C@H](CC(N)=O)NC(=O)[C@H](CC(C)C)NC(=O)[C@H](CCCCN)NC(=O)[C@H](C)NC(=O)[C@@H](NC(=O)CNC(=O)CNC(=O)[C@H](Cc1ccccc1)NC(=O)[C@H](CCC(=O)O)NC(=O)[C@@H](NC(=O)[C@H](CC(C)C)NC(=O)CNC(=O)[C@H](CC(C)C)NC(=O)[C@H](CCCCN)NC(=O)[C@@H](N)CC(C)C)C(C)C)C(C)C)C(C)C)C(=O)N[C@@H](CO)C(=O)O. The van der Waals surface area contributed by atoms with E-state index >= 15 is 0 Å². The first-order valence-electron chi connectivity index (χ1n) is 48.8. The third-order valence-corrected chi connectivity index (χ3v) is 23.0. The molecule has 20 amide bonds. The highest BCUT2D eigenvalue weighted by molar-refractivity contribution is 7.98. The summed E-state index contributed by atoms with van der Waals surface area (Å²) in [6.45, 7) is 23.0. The largest absolute Gasteiger partial charge is 0.481 e. The zero-order valence-corrected chi connectivity index (χ0v) is 86.9. The molecule has 145 heavy (non-hydrogen) atoms. The molecule has 818 valence electrons. The van der Waals surface area contributed by atoms with Crippen LogP contribution in [0.1, 0.15) is 219 Å². The minimum Gasteiger partial charge on any atom is -0.481 e. The number of thioether (sulfide) groups is 1. The van der Waals surface area contributed by atoms with Gasteiger partial charge in [-0.2, -0.15) is 11.8 Å². The van der Waals surface area contributed by atoms with Crippen molar-refractivity contribution in [2.75, 3.05) is 51.3 Å². The van der Waals surface area contributed by atoms with Gasteiger partial charge < -0.3 is 144 Å². The second kappa shape index (κ2) is 68.5. The van der Waals surface area contributed by atoms with Crippen LogP contribution in [0.15, 0.2) is 30.3 Å². The maximum absolute atomic E-state index is 14.4. The topological polar surface area (TPSA) is 806 Å². The highest BCUT2D eigenvalue weighted by atomic mass is 32.2. The molecule has 51 heteroatoms. The summed E-state index contributed by atoms with van der Waals surface area (Å²) in [7, 11) is 0. The van der Waals surface area contributed by atoms with Crippen LogP contribution in [0.4, 0.5) is 0 Å². The highest BCUT2D eigenvalue weighted by Crippen LogP contribution is 2.18. The third-order valence-electron chi connectivity index (χ3n) is 22.4. The molecule has 0 saturated heterocycles. The molecule has 1 rings (SSSR count). The number of aliphatic hydroxyl groups excluding tert-OH is 1. The van der Waals surface area contributed by atoms with Gasteiger partial charge in [-0.25, -0.2) is 4.79 Å². The summed E-state index contributed by atoms with van der Waals surface area (Å²) in [6, 6.07) is -16.6. The Hall–Kier alpha value is -12.8. The van der Waals surface area contributed by atoms with Gasteiger partial charge in [0.05, 0.1) is 38.7 Å². The highest BCUT2D eigenvalue weighted by Gasteiger charge is 2.41. The summed E-state index contributed by atoms with van der Waals surface area (Å²) in [5.41, 5.74) is 23.6. The molecule has 31 N–H and O–H groups in total. The fourth-order valence-corrected chi connectivity index (χ4v) is 14.9. The molecule has 0 unspecified atom stereocenters. The van der Waals surface area contributed by atoms with Crippen LogP contribution < -0.4 is 124 Å². The Morgan fingerprint density at radius 3 is 1.04 bits per heavy atom. The second-order valence-corrected chi connectivity index (χ2v) is 39.4. The van der Waals surface area contributed by atoms with Crippen LogP contribution in [-0.4, -0.2) is 311 Å². The van der Waals surface area contributed by atoms with E-state index in [-0.39, 0.29) is 87.3 Å². The van der Waals surface area contributed by atoms with Crippen LogP contribution in [0.25, 0.3) is 0 Å². The Balaban J connectivity index is 3.38. The number of carboxylic acid groups (broad SMARTS) is 3. The first-order valence-corrected chi connectivity index (χ1v) is 50.2. The van der Waals surface area contributed by atoms with E-state index in [1.807, 2.05) is 13.8 Å². The van der Waals surface area contributed by atoms with Crippen molar-refractivity contribution in [3.8, 4) is 0 Å². The van der Waals surface area contributed by atoms with Crippen molar-refractivity contribution < 1.29 is 131 Å². The quantitative estimate of drug-likeness (QED) is 0.0271. The lowest BCUT2D eigenvalue weighted by atomic mass is 9.99. The summed E-state index contributed by atoms with van der Waals surface area (Å²) in [4.78, 5) is 312. The number of carbonyl (C=O) groups is 23. The van der Waals surface area contributed by atoms with Crippen molar-refractivity contribution in [1.29, 1.82) is 0 Å². The lowest BCUT2D eigenvalue weighted by Crippen LogP contribution is -2.61. The zero-order valence-electron chi connectivity index (χ0n) is 86.1. The van der Waals surface area contributed by atoms with Gasteiger partial charge in [-0.15, -0.1) is 0 Å². The molecular formula is C94H159N23O27S. The minimum atomic E-state index is -1.86. The fourth-order valence-electron chi connectivity index (χ4n) is 14.4. The number of aliphatic carboxylic acids is 3. The van der Waals surface area contributed by atoms with Crippen molar-refractivity contribution in [3.05, 3.63) is 35.9 Å². The van der Waals surface area contributed by atoms with E-state index in [0.717, 1.165) is 6.92 Å². The van der Waals surface area contributed by atoms with Crippen LogP contribution in [0, 0.1) is 41.4 Å². The molecule has 0 aromatic heterocycles. The number of carboxylic acids is 3. The number of hydrogen-bond donors (Lipinski definition) is 27. The number of aliphatic hydroxyl groups is 1. The van der Waals surface area contributed by atoms with Gasteiger partial charge in [0.25, 0.3) is 0 Å². The van der Waals surface area contributed by atoms with Crippen LogP contribution in [0.5, 0.6) is 0 Å². The summed E-state index contributed by atoms with van der Waals surface area (Å²) in [6.07, 6.45) is -0.0518. The number of carbonyl (C=O) groups excluding carboxylic acids is 20. The van der Waals surface area contributed by atoms with Gasteiger partial charge in [0.1, 0.15) is 96.7 Å². The molecule has 0 bridgehead atoms. The maximum Gasteiger partial charge on any atom is 0.328 e. The average Bonchev–Trinajstić information content (AvgIpc) is 0.853. The molecule has 0 heterocycles. The first kappa shape index (κ1) is 130. The number of hydrogen-bond acceptors (Lipinski definition) is 28. The Morgan fingerprint density at radius 1 is 0.317 bits per heavy atom. The van der Waals surface area contributed by atoms with Crippen molar-refractivity contribution in [2.45, 2.75) is 323 Å². The summed E-state index contributed by atoms with van der Waals surface area (Å²) < 4.78 is 0. The van der Waals surface area contributed by atoms with E-state index in [4.69, 9.17) is 22.9 Å². The van der Waals surface area contributed by atoms with Gasteiger partial charge in [-0.3, -0.25) is 105 Å². The second-order valence-electron chi connectivity index (χ2n) is 38.4. The Kier molecular flexibility index (Phi) is 61.5. The Bertz CT molecular complexity index is 4470. The number of nitrogens with one attached hydrogen (secondary N) is 19. The Labute approximate surface area is 849 Å². The predicted octanol–water partition coefficient (Wildman–Crippen LogP) is -5.45. The number of primary amides is 1. The maximum atomic E-state index is 14.4. The number of rotatable bonds is 72. The Morgan fingerprint density at radius 2 is 0.634 bits per heavy atom. The first-order chi connectivity index (χ1) is 67.9. The standard InChI is InChI=1S/C94H159N23O27S/c1-47(2)37-57(97)80(129)107-59(28-22-24-35-96)84(133)110-63(38-48(3)4)81(130)101-45-71(121)104-64(39-49(5)6)90(139)117-77(53(13)14)92(141)108-60(29-31-73(123)124)85(134)112-66(41-56-25-19-18-20-26-56)82(131)100-43-70(120)99-44-72(122)115-75(51(9)10)91(140)103-55(16)79(128)105-58(27-21-23-34-95)83(132)111-65(40-50(7)8)89(138)113-67(42-69(98)119)88(137)102-54(15)78(127)106-61(30-32-74(125)126)87(136)116-76(52(11)12)93(142)109-62(33-36-145-17)86(135)114-68(46-118)94(143)144/h18-20,25-26,47-55,57-68,75-77,118H,21-24,27-46,95-97H2,1-17H3,(H2,98,119)(H,99,120)(H,100,131)(H,101,130)(H,102,137)(H,103,140)(H,104,121)(H,105,128)(H,106,127)(H,107,129)(H,108,141)(H,109,142)(H,110,133)(H,111,132)(H,112,134)(H,113,138)(H,114,135)(H,115,122)(H,116,136)(H,117,139)(H,123,124)(H,125,126)(H,143,144)/t54-,55-,57-,58-,59-,60-,61-,62-,63-,64-,65-,66-,67-,68-,75-,76-,77-/m0/s1.